The van der Waals surface area contributed by atoms with Crippen molar-refractivity contribution in [1.29, 1.82) is 5.26 Å². The summed E-state index contributed by atoms with van der Waals surface area (Å²) in [5.74, 6) is -14.3. The zero-order valence-corrected chi connectivity index (χ0v) is 20.0. The van der Waals surface area contributed by atoms with Crippen LogP contribution in [0.3, 0.4) is 0 Å². The third-order valence-electron chi connectivity index (χ3n) is 5.86. The standard InChI is InChI=1S/C27H19F5N2O4/c1-12(2)13-3-5-14(6-4-13)20-16-8-7-15(9-18(16)38-27(34)17(20)10-33)37-19(35)11-36-26-24(31)22(29)21(28)23(30)25(26)32/h3-9,12,20H,11,34H2,1-2H3. The van der Waals surface area contributed by atoms with Crippen LogP contribution in [0.4, 0.5) is 22.0 Å². The first-order valence-electron chi connectivity index (χ1n) is 11.2. The highest BCUT2D eigenvalue weighted by atomic mass is 19.2. The second-order valence-electron chi connectivity index (χ2n) is 8.61. The second kappa shape index (κ2) is 10.4. The molecule has 0 aromatic heterocycles. The summed E-state index contributed by atoms with van der Waals surface area (Å²) in [7, 11) is 0. The monoisotopic (exact) mass is 530 g/mol. The summed E-state index contributed by atoms with van der Waals surface area (Å²) in [5, 5.41) is 9.70. The fourth-order valence-electron chi connectivity index (χ4n) is 3.92. The van der Waals surface area contributed by atoms with E-state index in [1.165, 1.54) is 12.1 Å². The molecule has 1 heterocycles. The molecule has 38 heavy (non-hydrogen) atoms. The molecule has 0 amide bonds. The second-order valence-corrected chi connectivity index (χ2v) is 8.61. The van der Waals surface area contributed by atoms with E-state index in [2.05, 4.69) is 24.7 Å². The third-order valence-corrected chi connectivity index (χ3v) is 5.86. The molecule has 11 heteroatoms. The van der Waals surface area contributed by atoms with Crippen LogP contribution >= 0.6 is 0 Å². The molecule has 0 fully saturated rings. The van der Waals surface area contributed by atoms with Gasteiger partial charge in [0, 0.05) is 11.6 Å². The van der Waals surface area contributed by atoms with Crippen molar-refractivity contribution in [3.63, 3.8) is 0 Å². The number of nitrogens with zero attached hydrogens (tertiary/aromatic N) is 1. The summed E-state index contributed by atoms with van der Waals surface area (Å²) in [5.41, 5.74) is 8.62. The summed E-state index contributed by atoms with van der Waals surface area (Å²) in [4.78, 5) is 12.2. The zero-order chi connectivity index (χ0) is 27.7. The maximum absolute atomic E-state index is 13.8. The Hall–Kier alpha value is -4.59. The number of benzene rings is 3. The molecule has 2 N–H and O–H groups in total. The molecule has 1 aliphatic heterocycles. The van der Waals surface area contributed by atoms with Crippen LogP contribution in [0.2, 0.25) is 0 Å². The van der Waals surface area contributed by atoms with E-state index in [0.717, 1.165) is 11.1 Å². The number of halogens is 5. The van der Waals surface area contributed by atoms with Crippen LogP contribution in [0.5, 0.6) is 17.2 Å². The maximum atomic E-state index is 13.8. The van der Waals surface area contributed by atoms with E-state index in [1.54, 1.807) is 6.07 Å². The summed E-state index contributed by atoms with van der Waals surface area (Å²) in [6, 6.07) is 14.0. The van der Waals surface area contributed by atoms with Crippen LogP contribution < -0.4 is 19.9 Å². The Morgan fingerprint density at radius 1 is 1.00 bits per heavy atom. The van der Waals surface area contributed by atoms with Crippen LogP contribution in [0.1, 0.15) is 42.4 Å². The zero-order valence-electron chi connectivity index (χ0n) is 20.0. The minimum absolute atomic E-state index is 0.0862. The Morgan fingerprint density at radius 3 is 2.18 bits per heavy atom. The lowest BCUT2D eigenvalue weighted by Gasteiger charge is -2.27. The lowest BCUT2D eigenvalue weighted by molar-refractivity contribution is -0.136. The van der Waals surface area contributed by atoms with Gasteiger partial charge in [0.2, 0.25) is 35.0 Å². The van der Waals surface area contributed by atoms with Crippen LogP contribution in [0.25, 0.3) is 0 Å². The van der Waals surface area contributed by atoms with Gasteiger partial charge in [-0.25, -0.2) is 18.0 Å². The first-order chi connectivity index (χ1) is 18.0. The number of ether oxygens (including phenoxy) is 3. The van der Waals surface area contributed by atoms with E-state index >= 15 is 0 Å². The number of fused-ring (bicyclic) bond motifs is 1. The predicted molar refractivity (Wildman–Crippen MR) is 124 cm³/mol. The Kier molecular flexibility index (Phi) is 7.26. The molecule has 0 saturated carbocycles. The topological polar surface area (TPSA) is 94.6 Å². The lowest BCUT2D eigenvalue weighted by atomic mass is 9.83. The van der Waals surface area contributed by atoms with Gasteiger partial charge in [-0.1, -0.05) is 44.2 Å². The molecule has 1 unspecified atom stereocenters. The lowest BCUT2D eigenvalue weighted by Crippen LogP contribution is -2.22. The minimum atomic E-state index is -2.36. The average Bonchev–Trinajstić information content (AvgIpc) is 2.90. The van der Waals surface area contributed by atoms with E-state index < -0.39 is 53.3 Å². The Morgan fingerprint density at radius 2 is 1.61 bits per heavy atom. The van der Waals surface area contributed by atoms with Gasteiger partial charge in [0.25, 0.3) is 0 Å². The van der Waals surface area contributed by atoms with Crippen LogP contribution in [0.15, 0.2) is 53.9 Å². The van der Waals surface area contributed by atoms with E-state index in [0.29, 0.717) is 11.5 Å². The molecule has 4 rings (SSSR count). The van der Waals surface area contributed by atoms with Gasteiger partial charge in [0.15, 0.2) is 12.4 Å². The van der Waals surface area contributed by atoms with E-state index in [4.69, 9.17) is 15.2 Å². The van der Waals surface area contributed by atoms with Crippen molar-refractivity contribution in [3.8, 4) is 23.3 Å². The first-order valence-corrected chi connectivity index (χ1v) is 11.2. The molecule has 3 aromatic carbocycles. The molecule has 1 aliphatic rings. The number of carbonyl (C=O) groups excluding carboxylic acids is 1. The number of hydrogen-bond donors (Lipinski definition) is 1. The summed E-state index contributed by atoms with van der Waals surface area (Å²) in [6.07, 6.45) is 0. The number of hydrogen-bond acceptors (Lipinski definition) is 6. The van der Waals surface area contributed by atoms with E-state index in [1.807, 2.05) is 24.3 Å². The minimum Gasteiger partial charge on any atom is -0.476 e. The molecular weight excluding hydrogens is 511 g/mol. The van der Waals surface area contributed by atoms with Gasteiger partial charge in [-0.2, -0.15) is 14.0 Å². The van der Waals surface area contributed by atoms with Crippen LogP contribution in [0, 0.1) is 40.4 Å². The average molecular weight is 530 g/mol. The molecule has 0 radical (unpaired) electrons. The number of carbonyl (C=O) groups is 1. The molecule has 3 aromatic rings. The number of nitriles is 1. The highest BCUT2D eigenvalue weighted by Gasteiger charge is 2.31. The SMILES string of the molecule is CC(C)c1ccc(C2C(C#N)=C(N)Oc3cc(OC(=O)COc4c(F)c(F)c(F)c(F)c4F)ccc32)cc1. The van der Waals surface area contributed by atoms with Gasteiger partial charge >= 0.3 is 5.97 Å². The molecule has 0 bridgehead atoms. The van der Waals surface area contributed by atoms with Crippen molar-refractivity contribution in [2.75, 3.05) is 6.61 Å². The van der Waals surface area contributed by atoms with Gasteiger partial charge in [0.1, 0.15) is 23.1 Å². The van der Waals surface area contributed by atoms with E-state index in [-0.39, 0.29) is 23.0 Å². The maximum Gasteiger partial charge on any atom is 0.349 e. The van der Waals surface area contributed by atoms with E-state index in [9.17, 15) is 32.0 Å². The largest absolute Gasteiger partial charge is 0.476 e. The molecule has 0 spiro atoms. The molecule has 0 saturated heterocycles. The smallest absolute Gasteiger partial charge is 0.349 e. The summed E-state index contributed by atoms with van der Waals surface area (Å²) >= 11 is 0. The predicted octanol–water partition coefficient (Wildman–Crippen LogP) is 5.71. The first kappa shape index (κ1) is 26.5. The molecule has 6 nitrogen and oxygen atoms in total. The van der Waals surface area contributed by atoms with Gasteiger partial charge in [-0.15, -0.1) is 0 Å². The Bertz CT molecular complexity index is 1470. The fraction of sp³-hybridized carbons (Fsp3) is 0.185. The van der Waals surface area contributed by atoms with Crippen molar-refractivity contribution >= 4 is 5.97 Å². The quantitative estimate of drug-likeness (QED) is 0.144. The third kappa shape index (κ3) is 4.85. The number of rotatable bonds is 6. The highest BCUT2D eigenvalue weighted by molar-refractivity contribution is 5.74. The highest BCUT2D eigenvalue weighted by Crippen LogP contribution is 2.43. The van der Waals surface area contributed by atoms with Gasteiger partial charge in [-0.3, -0.25) is 0 Å². The van der Waals surface area contributed by atoms with Gasteiger partial charge < -0.3 is 19.9 Å². The Balaban J connectivity index is 1.55. The van der Waals surface area contributed by atoms with Crippen molar-refractivity contribution in [2.24, 2.45) is 5.73 Å². The molecular formula is C27H19F5N2O4. The number of allylic oxidation sites excluding steroid dienone is 1. The van der Waals surface area contributed by atoms with Crippen LogP contribution in [-0.4, -0.2) is 12.6 Å². The summed E-state index contributed by atoms with van der Waals surface area (Å²) < 4.78 is 82.5. The van der Waals surface area contributed by atoms with Gasteiger partial charge in [-0.05, 0) is 23.1 Å². The normalized spacial score (nSPS) is 14.6. The van der Waals surface area contributed by atoms with Crippen molar-refractivity contribution < 1.29 is 41.0 Å². The molecule has 196 valence electrons. The van der Waals surface area contributed by atoms with Crippen molar-refractivity contribution in [2.45, 2.75) is 25.7 Å². The Labute approximate surface area is 213 Å². The number of nitrogens with two attached hydrogens (primary N) is 1. The van der Waals surface area contributed by atoms with Crippen LogP contribution in [-0.2, 0) is 4.79 Å². The number of esters is 1. The molecule has 1 atom stereocenters. The summed E-state index contributed by atoms with van der Waals surface area (Å²) in [6.45, 7) is 2.94. The van der Waals surface area contributed by atoms with Crippen molar-refractivity contribution in [3.05, 3.63) is 99.7 Å². The van der Waals surface area contributed by atoms with Crippen molar-refractivity contribution in [1.82, 2.24) is 0 Å². The fourth-order valence-corrected chi connectivity index (χ4v) is 3.92. The molecule has 0 aliphatic carbocycles. The van der Waals surface area contributed by atoms with Gasteiger partial charge in [0.05, 0.1) is 5.92 Å².